The molecule has 0 saturated carbocycles. The fourth-order valence-electron chi connectivity index (χ4n) is 2.32. The van der Waals surface area contributed by atoms with Gasteiger partial charge in [-0.15, -0.1) is 0 Å². The van der Waals surface area contributed by atoms with E-state index < -0.39 is 11.8 Å². The molecule has 4 N–H and O–H groups in total. The summed E-state index contributed by atoms with van der Waals surface area (Å²) in [5.41, 5.74) is 16.9. The molecule has 0 saturated heterocycles. The third-order valence-electron chi connectivity index (χ3n) is 3.65. The van der Waals surface area contributed by atoms with E-state index in [0.29, 0.717) is 24.0 Å². The summed E-state index contributed by atoms with van der Waals surface area (Å²) in [6.45, 7) is 0. The van der Waals surface area contributed by atoms with Crippen molar-refractivity contribution in [3.8, 4) is 5.63 Å². The number of carbonyl (C=O) groups excluding carboxylic acids is 2. The molecule has 0 heterocycles. The van der Waals surface area contributed by atoms with Gasteiger partial charge in [-0.3, -0.25) is 4.79 Å². The number of rotatable bonds is 6. The number of aryl methyl sites for hydroxylation is 1. The van der Waals surface area contributed by atoms with Crippen molar-refractivity contribution >= 4 is 31.9 Å². The number of hydrogen-bond acceptors (Lipinski definition) is 3. The Balaban J connectivity index is 2.29. The van der Waals surface area contributed by atoms with Crippen molar-refractivity contribution in [3.63, 3.8) is 0 Å². The second-order valence-corrected chi connectivity index (χ2v) is 5.85. The average molecular weight is 352 g/mol. The van der Waals surface area contributed by atoms with Crippen LogP contribution in [0, 0.1) is 5.63 Å². The van der Waals surface area contributed by atoms with Crippen LogP contribution < -0.4 is 11.5 Å². The molecule has 0 spiro atoms. The van der Waals surface area contributed by atoms with E-state index in [2.05, 4.69) is 5.63 Å². The fourth-order valence-corrected chi connectivity index (χ4v) is 2.52. The molecule has 126 valence electrons. The molecule has 0 radical (unpaired) electrons. The Hall–Kier alpha value is -2.87. The topological polar surface area (TPSA) is 103 Å². The van der Waals surface area contributed by atoms with Crippen LogP contribution in [0.2, 0.25) is 0 Å². The minimum absolute atomic E-state index is 0.135. The molecule has 25 heavy (non-hydrogen) atoms. The first kappa shape index (κ1) is 18.5. The van der Waals surface area contributed by atoms with Crippen LogP contribution in [0.5, 0.6) is 0 Å². The third-order valence-corrected chi connectivity index (χ3v) is 4.00. The summed E-state index contributed by atoms with van der Waals surface area (Å²) >= 11 is 0. The Labute approximate surface area is 146 Å². The fraction of sp³-hybridized carbons (Fsp3) is 0.105. The summed E-state index contributed by atoms with van der Waals surface area (Å²) in [5.74, 6) is -0.959. The summed E-state index contributed by atoms with van der Waals surface area (Å²) in [7, 11) is -0.135. The van der Waals surface area contributed by atoms with E-state index in [9.17, 15) is 14.2 Å². The van der Waals surface area contributed by atoms with Crippen molar-refractivity contribution in [2.75, 3.05) is 0 Å². The predicted molar refractivity (Wildman–Crippen MR) is 98.7 cm³/mol. The van der Waals surface area contributed by atoms with Crippen LogP contribution >= 0.6 is 7.92 Å². The van der Waals surface area contributed by atoms with Crippen LogP contribution in [0.3, 0.4) is 0 Å². The molecule has 0 unspecified atom stereocenters. The molecule has 2 amide bonds. The van der Waals surface area contributed by atoms with E-state index >= 15 is 0 Å². The molecule has 0 aromatic heterocycles. The molecule has 0 aliphatic heterocycles. The van der Waals surface area contributed by atoms with E-state index in [4.69, 9.17) is 11.5 Å². The number of hydrogen-bond donors (Lipinski definition) is 2. The van der Waals surface area contributed by atoms with E-state index in [1.807, 2.05) is 18.2 Å². The predicted octanol–water partition coefficient (Wildman–Crippen LogP) is 3.24. The van der Waals surface area contributed by atoms with Crippen molar-refractivity contribution in [2.45, 2.75) is 12.8 Å². The SMILES string of the molecule is NC(=O)c1ccc(C=Cc2ccc(C(N)=O)cc2CCC#P=O)cc1. The first-order chi connectivity index (χ1) is 12.0. The number of benzene rings is 2. The van der Waals surface area contributed by atoms with Gasteiger partial charge in [-0.25, -0.2) is 0 Å². The van der Waals surface area contributed by atoms with Gasteiger partial charge < -0.3 is 5.73 Å². The first-order valence-electron chi connectivity index (χ1n) is 7.57. The molecule has 0 aliphatic carbocycles. The minimum atomic E-state index is -0.492. The van der Waals surface area contributed by atoms with Gasteiger partial charge in [0.2, 0.25) is 0 Å². The van der Waals surface area contributed by atoms with Crippen LogP contribution in [0.4, 0.5) is 0 Å². The summed E-state index contributed by atoms with van der Waals surface area (Å²) in [6, 6.07) is 12.1. The van der Waals surface area contributed by atoms with Crippen LogP contribution in [-0.2, 0) is 11.0 Å². The Morgan fingerprint density at radius 1 is 0.960 bits per heavy atom. The average Bonchev–Trinajstić information content (AvgIpc) is 2.61. The monoisotopic (exact) mass is 352 g/mol. The van der Waals surface area contributed by atoms with Crippen LogP contribution in [-0.4, -0.2) is 11.8 Å². The van der Waals surface area contributed by atoms with E-state index in [1.54, 1.807) is 36.4 Å². The number of nitrogens with two attached hydrogens (primary N) is 2. The van der Waals surface area contributed by atoms with E-state index in [-0.39, 0.29) is 7.92 Å². The van der Waals surface area contributed by atoms with Gasteiger partial charge in [0.25, 0.3) is 0 Å². The molecule has 6 heteroatoms. The maximum atomic E-state index is 11.4. The van der Waals surface area contributed by atoms with Gasteiger partial charge in [-0.2, -0.15) is 0 Å². The zero-order chi connectivity index (χ0) is 18.2. The number of carbonyl (C=O) groups is 2. The second kappa shape index (κ2) is 8.84. The molecular weight excluding hydrogens is 335 g/mol. The van der Waals surface area contributed by atoms with E-state index in [1.165, 1.54) is 0 Å². The van der Waals surface area contributed by atoms with Crippen molar-refractivity contribution < 1.29 is 14.2 Å². The van der Waals surface area contributed by atoms with Gasteiger partial charge in [0.05, 0.1) is 0 Å². The standard InChI is InChI=1S/C19H17N2O3P/c20-18(22)15-7-4-13(5-8-15)3-6-14-9-10-17(19(21)23)12-16(14)2-1-11-25-24/h3-10,12H,1-2H2,(H2,20,22)(H2,21,23). The Morgan fingerprint density at radius 3 is 2.20 bits per heavy atom. The van der Waals surface area contributed by atoms with Crippen LogP contribution in [0.15, 0.2) is 42.5 Å². The van der Waals surface area contributed by atoms with Gasteiger partial charge in [0.15, 0.2) is 0 Å². The number of amides is 2. The van der Waals surface area contributed by atoms with Crippen LogP contribution in [0.25, 0.3) is 12.2 Å². The molecule has 2 rings (SSSR count). The molecule has 2 aromatic carbocycles. The Morgan fingerprint density at radius 2 is 1.60 bits per heavy atom. The molecule has 5 nitrogen and oxygen atoms in total. The van der Waals surface area contributed by atoms with Crippen molar-refractivity contribution in [1.82, 2.24) is 0 Å². The molecular formula is C19H17N2O3P. The van der Waals surface area contributed by atoms with Crippen molar-refractivity contribution in [2.24, 2.45) is 11.5 Å². The summed E-state index contributed by atoms with van der Waals surface area (Å²) in [4.78, 5) is 22.4. The van der Waals surface area contributed by atoms with Gasteiger partial charge >= 0.3 is 136 Å². The summed E-state index contributed by atoms with van der Waals surface area (Å²) in [6.07, 6.45) is 4.90. The Bertz CT molecular complexity index is 929. The first-order valence-corrected chi connectivity index (χ1v) is 8.38. The molecule has 0 bridgehead atoms. The zero-order valence-electron chi connectivity index (χ0n) is 13.4. The molecule has 0 atom stereocenters. The van der Waals surface area contributed by atoms with Crippen molar-refractivity contribution in [1.29, 1.82) is 0 Å². The molecule has 2 aromatic rings. The van der Waals surface area contributed by atoms with E-state index in [0.717, 1.165) is 16.7 Å². The summed E-state index contributed by atoms with van der Waals surface area (Å²) < 4.78 is 10.5. The third kappa shape index (κ3) is 5.32. The second-order valence-electron chi connectivity index (χ2n) is 5.35. The summed E-state index contributed by atoms with van der Waals surface area (Å²) in [5, 5.41) is 0. The maximum absolute atomic E-state index is 11.4. The molecule has 0 aliphatic rings. The van der Waals surface area contributed by atoms with Crippen molar-refractivity contribution in [3.05, 3.63) is 70.3 Å². The quantitative estimate of drug-likeness (QED) is 0.616. The van der Waals surface area contributed by atoms with Gasteiger partial charge in [0, 0.05) is 0 Å². The Kier molecular flexibility index (Phi) is 6.53. The number of primary amides is 2. The normalized spacial score (nSPS) is 10.4. The van der Waals surface area contributed by atoms with Gasteiger partial charge in [0.1, 0.15) is 0 Å². The van der Waals surface area contributed by atoms with Gasteiger partial charge in [-0.1, -0.05) is 0 Å². The van der Waals surface area contributed by atoms with Gasteiger partial charge in [-0.05, 0) is 0 Å². The molecule has 0 fully saturated rings. The zero-order valence-corrected chi connectivity index (χ0v) is 14.3. The van der Waals surface area contributed by atoms with Crippen LogP contribution in [0.1, 0.15) is 43.8 Å².